The molecule has 0 amide bonds. The first-order valence-electron chi connectivity index (χ1n) is 6.21. The molecule has 0 fully saturated rings. The molecule has 1 atom stereocenters. The summed E-state index contributed by atoms with van der Waals surface area (Å²) in [6.45, 7) is 3.71. The van der Waals surface area contributed by atoms with Gasteiger partial charge in [-0.05, 0) is 27.9 Å². The number of ether oxygens (including phenoxy) is 1. The molecule has 2 heterocycles. The predicted octanol–water partition coefficient (Wildman–Crippen LogP) is 3.26. The van der Waals surface area contributed by atoms with Gasteiger partial charge in [-0.25, -0.2) is 9.97 Å². The molecule has 0 aliphatic carbocycles. The van der Waals surface area contributed by atoms with E-state index < -0.39 is 0 Å². The van der Waals surface area contributed by atoms with Crippen LogP contribution in [0.15, 0.2) is 16.7 Å². The molecule has 0 aliphatic rings. The molecule has 0 radical (unpaired) electrons. The maximum Gasteiger partial charge on any atom is 0.160 e. The van der Waals surface area contributed by atoms with Crippen LogP contribution < -0.4 is 0 Å². The number of rotatable bonds is 6. The number of alkyl halides is 1. The first-order chi connectivity index (χ1) is 9.15. The van der Waals surface area contributed by atoms with Gasteiger partial charge in [0.1, 0.15) is 11.3 Å². The van der Waals surface area contributed by atoms with Crippen molar-refractivity contribution in [2.24, 2.45) is 5.92 Å². The molecule has 1 unspecified atom stereocenters. The van der Waals surface area contributed by atoms with Gasteiger partial charge < -0.3 is 9.30 Å². The zero-order chi connectivity index (χ0) is 13.8. The average molecular weight is 347 g/mol. The zero-order valence-corrected chi connectivity index (χ0v) is 13.4. The van der Waals surface area contributed by atoms with Gasteiger partial charge in [-0.3, -0.25) is 0 Å². The summed E-state index contributed by atoms with van der Waals surface area (Å²) < 4.78 is 8.28. The lowest BCUT2D eigenvalue weighted by Crippen LogP contribution is -2.15. The second-order valence-corrected chi connectivity index (χ2v) is 5.93. The summed E-state index contributed by atoms with van der Waals surface area (Å²) in [7, 11) is 1.72. The van der Waals surface area contributed by atoms with Crippen molar-refractivity contribution in [1.29, 1.82) is 0 Å². The molecule has 6 heteroatoms. The van der Waals surface area contributed by atoms with Gasteiger partial charge in [-0.15, -0.1) is 11.6 Å². The molecular formula is C13H17BrClN3O. The van der Waals surface area contributed by atoms with Crippen molar-refractivity contribution in [3.05, 3.63) is 22.6 Å². The van der Waals surface area contributed by atoms with Crippen molar-refractivity contribution in [2.75, 3.05) is 19.6 Å². The second kappa shape index (κ2) is 6.68. The van der Waals surface area contributed by atoms with E-state index in [1.165, 1.54) is 0 Å². The normalized spacial score (nSPS) is 13.1. The van der Waals surface area contributed by atoms with Crippen LogP contribution in [0.4, 0.5) is 0 Å². The number of fused-ring (bicyclic) bond motifs is 1. The fourth-order valence-corrected chi connectivity index (χ4v) is 2.64. The number of halogens is 2. The van der Waals surface area contributed by atoms with Crippen molar-refractivity contribution < 1.29 is 4.74 Å². The van der Waals surface area contributed by atoms with Gasteiger partial charge in [0.25, 0.3) is 0 Å². The number of aromatic nitrogens is 3. The van der Waals surface area contributed by atoms with Gasteiger partial charge in [0, 0.05) is 36.6 Å². The Hall–Kier alpha value is -0.650. The lowest BCUT2D eigenvalue weighted by molar-refractivity contribution is 0.151. The fourth-order valence-electron chi connectivity index (χ4n) is 2.15. The molecule has 0 N–H and O–H groups in total. The Morgan fingerprint density at radius 3 is 3.00 bits per heavy atom. The molecule has 104 valence electrons. The van der Waals surface area contributed by atoms with Crippen LogP contribution in [0.5, 0.6) is 0 Å². The number of methoxy groups -OCH3 is 1. The summed E-state index contributed by atoms with van der Waals surface area (Å²) >= 11 is 9.28. The molecule has 2 aromatic rings. The predicted molar refractivity (Wildman–Crippen MR) is 80.7 cm³/mol. The Bertz CT molecular complexity index is 558. The van der Waals surface area contributed by atoms with Crippen LogP contribution in [0.25, 0.3) is 11.2 Å². The van der Waals surface area contributed by atoms with Crippen molar-refractivity contribution in [3.63, 3.8) is 0 Å². The van der Waals surface area contributed by atoms with E-state index >= 15 is 0 Å². The number of hydrogen-bond donors (Lipinski definition) is 0. The average Bonchev–Trinajstić information content (AvgIpc) is 2.67. The van der Waals surface area contributed by atoms with Gasteiger partial charge in [0.2, 0.25) is 0 Å². The highest BCUT2D eigenvalue weighted by molar-refractivity contribution is 9.10. The van der Waals surface area contributed by atoms with E-state index in [2.05, 4.69) is 37.4 Å². The van der Waals surface area contributed by atoms with E-state index in [1.807, 2.05) is 6.07 Å². The molecule has 0 aliphatic heterocycles. The minimum atomic E-state index is 0.405. The third kappa shape index (κ3) is 3.46. The smallest absolute Gasteiger partial charge is 0.160 e. The lowest BCUT2D eigenvalue weighted by Gasteiger charge is -2.13. The molecule has 0 spiro atoms. The second-order valence-electron chi connectivity index (χ2n) is 4.63. The highest BCUT2D eigenvalue weighted by atomic mass is 79.9. The third-order valence-corrected chi connectivity index (χ3v) is 3.52. The standard InChI is InChI=1S/C13H17BrClN3O/c1-9(8-19-2)7-18-12(3-4-15)17-11-5-10(14)6-16-13(11)18/h5-6,9H,3-4,7-8H2,1-2H3. The molecule has 0 saturated heterocycles. The lowest BCUT2D eigenvalue weighted by atomic mass is 10.2. The Balaban J connectivity index is 2.39. The van der Waals surface area contributed by atoms with Crippen LogP contribution in [0.2, 0.25) is 0 Å². The first kappa shape index (κ1) is 14.8. The van der Waals surface area contributed by atoms with Gasteiger partial charge in [-0.2, -0.15) is 0 Å². The Morgan fingerprint density at radius 1 is 1.53 bits per heavy atom. The monoisotopic (exact) mass is 345 g/mol. The van der Waals surface area contributed by atoms with E-state index in [9.17, 15) is 0 Å². The largest absolute Gasteiger partial charge is 0.384 e. The van der Waals surface area contributed by atoms with Crippen LogP contribution in [0.1, 0.15) is 12.7 Å². The number of hydrogen-bond acceptors (Lipinski definition) is 3. The van der Waals surface area contributed by atoms with E-state index in [-0.39, 0.29) is 0 Å². The van der Waals surface area contributed by atoms with E-state index in [0.717, 1.165) is 41.0 Å². The van der Waals surface area contributed by atoms with Gasteiger partial charge in [0.15, 0.2) is 5.65 Å². The van der Waals surface area contributed by atoms with Gasteiger partial charge >= 0.3 is 0 Å². The third-order valence-electron chi connectivity index (χ3n) is 2.89. The fraction of sp³-hybridized carbons (Fsp3) is 0.538. The summed E-state index contributed by atoms with van der Waals surface area (Å²) in [5, 5.41) is 0. The molecule has 0 bridgehead atoms. The maximum atomic E-state index is 5.86. The summed E-state index contributed by atoms with van der Waals surface area (Å²) in [6.07, 6.45) is 2.54. The van der Waals surface area contributed by atoms with Gasteiger partial charge in [-0.1, -0.05) is 6.92 Å². The van der Waals surface area contributed by atoms with Crippen molar-refractivity contribution in [2.45, 2.75) is 19.9 Å². The van der Waals surface area contributed by atoms with Crippen molar-refractivity contribution in [3.8, 4) is 0 Å². The first-order valence-corrected chi connectivity index (χ1v) is 7.54. The molecule has 19 heavy (non-hydrogen) atoms. The summed E-state index contributed by atoms with van der Waals surface area (Å²) in [5.74, 6) is 1.95. The van der Waals surface area contributed by atoms with Crippen LogP contribution in [-0.4, -0.2) is 34.1 Å². The topological polar surface area (TPSA) is 39.9 Å². The van der Waals surface area contributed by atoms with E-state index in [0.29, 0.717) is 11.8 Å². The molecule has 2 aromatic heterocycles. The molecular weight excluding hydrogens is 330 g/mol. The quantitative estimate of drug-likeness (QED) is 0.754. The van der Waals surface area contributed by atoms with Crippen LogP contribution in [-0.2, 0) is 17.7 Å². The highest BCUT2D eigenvalue weighted by Crippen LogP contribution is 2.20. The van der Waals surface area contributed by atoms with Gasteiger partial charge in [0.05, 0.1) is 6.61 Å². The minimum Gasteiger partial charge on any atom is -0.384 e. The summed E-state index contributed by atoms with van der Waals surface area (Å²) in [5.41, 5.74) is 1.81. The minimum absolute atomic E-state index is 0.405. The highest BCUT2D eigenvalue weighted by Gasteiger charge is 2.14. The summed E-state index contributed by atoms with van der Waals surface area (Å²) in [4.78, 5) is 9.09. The molecule has 0 aromatic carbocycles. The number of pyridine rings is 1. The Morgan fingerprint density at radius 2 is 2.32 bits per heavy atom. The molecule has 2 rings (SSSR count). The van der Waals surface area contributed by atoms with Crippen LogP contribution >= 0.6 is 27.5 Å². The Kier molecular flexibility index (Phi) is 5.19. The van der Waals surface area contributed by atoms with Crippen molar-refractivity contribution in [1.82, 2.24) is 14.5 Å². The number of aryl methyl sites for hydroxylation is 1. The zero-order valence-electron chi connectivity index (χ0n) is 11.1. The Labute approximate surface area is 126 Å². The van der Waals surface area contributed by atoms with Crippen LogP contribution in [0.3, 0.4) is 0 Å². The van der Waals surface area contributed by atoms with E-state index in [4.69, 9.17) is 16.3 Å². The van der Waals surface area contributed by atoms with Crippen molar-refractivity contribution >= 4 is 38.7 Å². The molecule has 0 saturated carbocycles. The number of imidazole rings is 1. The molecule has 4 nitrogen and oxygen atoms in total. The van der Waals surface area contributed by atoms with E-state index in [1.54, 1.807) is 13.3 Å². The maximum absolute atomic E-state index is 5.86. The van der Waals surface area contributed by atoms with Crippen LogP contribution in [0, 0.1) is 5.92 Å². The summed E-state index contributed by atoms with van der Waals surface area (Å²) in [6, 6.07) is 1.98. The SMILES string of the molecule is COCC(C)Cn1c(CCCl)nc2cc(Br)cnc21. The number of nitrogens with zero attached hydrogens (tertiary/aromatic N) is 3.